The van der Waals surface area contributed by atoms with Gasteiger partial charge >= 0.3 is 0 Å². The fraction of sp³-hybridized carbons (Fsp3) is 0.350. The predicted molar refractivity (Wildman–Crippen MR) is 98.1 cm³/mol. The number of hydrogen-bond acceptors (Lipinski definition) is 2. The van der Waals surface area contributed by atoms with E-state index in [1.54, 1.807) is 12.1 Å². The molecule has 0 radical (unpaired) electrons. The van der Waals surface area contributed by atoms with Crippen molar-refractivity contribution in [1.82, 2.24) is 10.2 Å². The molecule has 0 aromatic heterocycles. The standard InChI is InChI=1S/C20H22ClFN2O/c21-17-7-4-6-16(13-17)19(24-9-1-2-10-24)14-23-20(25)12-15-5-3-8-18(22)11-15/h3-8,11,13,19H,1-2,9-10,12,14H2,(H,23,25). The number of carbonyl (C=O) groups excluding carboxylic acids is 1. The molecule has 5 heteroatoms. The fourth-order valence-electron chi connectivity index (χ4n) is 3.33. The topological polar surface area (TPSA) is 32.3 Å². The highest BCUT2D eigenvalue weighted by atomic mass is 35.5. The van der Waals surface area contributed by atoms with Crippen molar-refractivity contribution in [1.29, 1.82) is 0 Å². The van der Waals surface area contributed by atoms with Crippen LogP contribution in [0.25, 0.3) is 0 Å². The number of likely N-dealkylation sites (tertiary alicyclic amines) is 1. The maximum absolute atomic E-state index is 13.2. The fourth-order valence-corrected chi connectivity index (χ4v) is 3.53. The first kappa shape index (κ1) is 17.9. The number of nitrogens with zero attached hydrogens (tertiary/aromatic N) is 1. The number of rotatable bonds is 6. The molecule has 2 aromatic carbocycles. The Kier molecular flexibility index (Phi) is 6.05. The van der Waals surface area contributed by atoms with Gasteiger partial charge in [-0.2, -0.15) is 0 Å². The van der Waals surface area contributed by atoms with Crippen molar-refractivity contribution in [2.45, 2.75) is 25.3 Å². The molecule has 0 aliphatic carbocycles. The smallest absolute Gasteiger partial charge is 0.224 e. The summed E-state index contributed by atoms with van der Waals surface area (Å²) in [6, 6.07) is 14.1. The quantitative estimate of drug-likeness (QED) is 0.845. The minimum absolute atomic E-state index is 0.100. The van der Waals surface area contributed by atoms with Gasteiger partial charge in [0, 0.05) is 11.6 Å². The van der Waals surface area contributed by atoms with Gasteiger partial charge in [-0.25, -0.2) is 4.39 Å². The highest BCUT2D eigenvalue weighted by Gasteiger charge is 2.24. The molecule has 0 bridgehead atoms. The second-order valence-electron chi connectivity index (χ2n) is 6.42. The molecule has 1 amide bonds. The van der Waals surface area contributed by atoms with E-state index >= 15 is 0 Å². The molecule has 1 N–H and O–H groups in total. The lowest BCUT2D eigenvalue weighted by molar-refractivity contribution is -0.120. The molecule has 1 unspecified atom stereocenters. The summed E-state index contributed by atoms with van der Waals surface area (Å²) in [6.45, 7) is 2.57. The molecule has 0 spiro atoms. The molecule has 132 valence electrons. The van der Waals surface area contributed by atoms with Gasteiger partial charge in [0.25, 0.3) is 0 Å². The maximum Gasteiger partial charge on any atom is 0.224 e. The summed E-state index contributed by atoms with van der Waals surface area (Å²) in [4.78, 5) is 14.6. The minimum Gasteiger partial charge on any atom is -0.354 e. The van der Waals surface area contributed by atoms with E-state index in [-0.39, 0.29) is 24.2 Å². The summed E-state index contributed by atoms with van der Waals surface area (Å²) in [5.41, 5.74) is 1.79. The van der Waals surface area contributed by atoms with Crippen LogP contribution in [0.3, 0.4) is 0 Å². The molecular weight excluding hydrogens is 339 g/mol. The van der Waals surface area contributed by atoms with Crippen LogP contribution in [-0.2, 0) is 11.2 Å². The average Bonchev–Trinajstić information content (AvgIpc) is 3.09. The minimum atomic E-state index is -0.320. The summed E-state index contributed by atoms with van der Waals surface area (Å²) in [7, 11) is 0. The predicted octanol–water partition coefficient (Wildman–Crippen LogP) is 3.97. The Morgan fingerprint density at radius 1 is 1.16 bits per heavy atom. The van der Waals surface area contributed by atoms with E-state index in [0.717, 1.165) is 18.7 Å². The van der Waals surface area contributed by atoms with Crippen LogP contribution in [0.15, 0.2) is 48.5 Å². The Bertz CT molecular complexity index is 731. The van der Waals surface area contributed by atoms with Crippen LogP contribution >= 0.6 is 11.6 Å². The number of nitrogens with one attached hydrogen (secondary N) is 1. The van der Waals surface area contributed by atoms with Crippen LogP contribution in [0.4, 0.5) is 4.39 Å². The van der Waals surface area contributed by atoms with Crippen molar-refractivity contribution >= 4 is 17.5 Å². The SMILES string of the molecule is O=C(Cc1cccc(F)c1)NCC(c1cccc(Cl)c1)N1CCCC1. The second-order valence-corrected chi connectivity index (χ2v) is 6.86. The zero-order valence-electron chi connectivity index (χ0n) is 14.1. The van der Waals surface area contributed by atoms with Crippen molar-refractivity contribution < 1.29 is 9.18 Å². The van der Waals surface area contributed by atoms with Crippen LogP contribution in [0.5, 0.6) is 0 Å². The van der Waals surface area contributed by atoms with E-state index in [1.807, 2.05) is 24.3 Å². The zero-order valence-corrected chi connectivity index (χ0v) is 14.8. The lowest BCUT2D eigenvalue weighted by atomic mass is 10.1. The van der Waals surface area contributed by atoms with E-state index in [0.29, 0.717) is 17.1 Å². The third-order valence-corrected chi connectivity index (χ3v) is 4.80. The molecule has 25 heavy (non-hydrogen) atoms. The highest BCUT2D eigenvalue weighted by Crippen LogP contribution is 2.26. The lowest BCUT2D eigenvalue weighted by Crippen LogP contribution is -2.37. The van der Waals surface area contributed by atoms with E-state index in [9.17, 15) is 9.18 Å². The molecular formula is C20H22ClFN2O. The van der Waals surface area contributed by atoms with Gasteiger partial charge in [0.1, 0.15) is 5.82 Å². The molecule has 1 fully saturated rings. The third kappa shape index (κ3) is 5.03. The van der Waals surface area contributed by atoms with Gasteiger partial charge in [-0.3, -0.25) is 9.69 Å². The summed E-state index contributed by atoms with van der Waals surface area (Å²) in [6.07, 6.45) is 2.53. The summed E-state index contributed by atoms with van der Waals surface area (Å²) >= 11 is 6.14. The monoisotopic (exact) mass is 360 g/mol. The normalized spacial score (nSPS) is 15.9. The van der Waals surface area contributed by atoms with Crippen molar-refractivity contribution in [2.75, 3.05) is 19.6 Å². The number of halogens is 2. The Hall–Kier alpha value is -1.91. The van der Waals surface area contributed by atoms with E-state index < -0.39 is 0 Å². The van der Waals surface area contributed by atoms with Crippen LogP contribution in [-0.4, -0.2) is 30.4 Å². The van der Waals surface area contributed by atoms with Gasteiger partial charge < -0.3 is 5.32 Å². The van der Waals surface area contributed by atoms with Gasteiger partial charge in [-0.1, -0.05) is 35.9 Å². The van der Waals surface area contributed by atoms with Crippen molar-refractivity contribution in [3.05, 3.63) is 70.5 Å². The number of amides is 1. The number of hydrogen-bond donors (Lipinski definition) is 1. The number of carbonyl (C=O) groups is 1. The Labute approximate surface area is 152 Å². The van der Waals surface area contributed by atoms with Crippen molar-refractivity contribution in [3.8, 4) is 0 Å². The van der Waals surface area contributed by atoms with Crippen molar-refractivity contribution in [2.24, 2.45) is 0 Å². The summed E-state index contributed by atoms with van der Waals surface area (Å²) in [5.74, 6) is -0.420. The zero-order chi connectivity index (χ0) is 17.6. The lowest BCUT2D eigenvalue weighted by Gasteiger charge is -2.28. The first-order chi connectivity index (χ1) is 12.1. The molecule has 1 saturated heterocycles. The van der Waals surface area contributed by atoms with E-state index in [1.165, 1.54) is 25.0 Å². The van der Waals surface area contributed by atoms with Gasteiger partial charge in [0.15, 0.2) is 0 Å². The summed E-state index contributed by atoms with van der Waals surface area (Å²) < 4.78 is 13.2. The van der Waals surface area contributed by atoms with Gasteiger partial charge in [0.2, 0.25) is 5.91 Å². The first-order valence-corrected chi connectivity index (χ1v) is 9.00. The highest BCUT2D eigenvalue weighted by molar-refractivity contribution is 6.30. The van der Waals surface area contributed by atoms with Gasteiger partial charge in [0.05, 0.1) is 12.5 Å². The molecule has 3 rings (SSSR count). The Balaban J connectivity index is 1.65. The largest absolute Gasteiger partial charge is 0.354 e. The van der Waals surface area contributed by atoms with Crippen molar-refractivity contribution in [3.63, 3.8) is 0 Å². The van der Waals surface area contributed by atoms with Gasteiger partial charge in [-0.15, -0.1) is 0 Å². The first-order valence-electron chi connectivity index (χ1n) is 8.62. The molecule has 1 atom stereocenters. The molecule has 1 heterocycles. The summed E-state index contributed by atoms with van der Waals surface area (Å²) in [5, 5.41) is 3.70. The molecule has 0 saturated carbocycles. The van der Waals surface area contributed by atoms with Crippen LogP contribution in [0.2, 0.25) is 5.02 Å². The Morgan fingerprint density at radius 2 is 1.92 bits per heavy atom. The Morgan fingerprint density at radius 3 is 2.64 bits per heavy atom. The molecule has 1 aliphatic heterocycles. The number of benzene rings is 2. The van der Waals surface area contributed by atoms with Crippen LogP contribution in [0, 0.1) is 5.82 Å². The average molecular weight is 361 g/mol. The van der Waals surface area contributed by atoms with Gasteiger partial charge in [-0.05, 0) is 61.3 Å². The van der Waals surface area contributed by atoms with Crippen LogP contribution < -0.4 is 5.32 Å². The molecule has 3 nitrogen and oxygen atoms in total. The second kappa shape index (κ2) is 8.45. The van der Waals surface area contributed by atoms with E-state index in [2.05, 4.69) is 10.2 Å². The van der Waals surface area contributed by atoms with Crippen LogP contribution in [0.1, 0.15) is 30.0 Å². The maximum atomic E-state index is 13.2. The third-order valence-electron chi connectivity index (χ3n) is 4.56. The van der Waals surface area contributed by atoms with E-state index in [4.69, 9.17) is 11.6 Å². The molecule has 2 aromatic rings. The molecule has 1 aliphatic rings.